The Morgan fingerprint density at radius 1 is 0.733 bits per heavy atom. The van der Waals surface area contributed by atoms with E-state index in [1.807, 2.05) is 0 Å². The van der Waals surface area contributed by atoms with E-state index in [1.54, 1.807) is 24.4 Å². The second kappa shape index (κ2) is 4.01. The molecule has 0 radical (unpaired) electrons. The molecule has 0 atom stereocenters. The van der Waals surface area contributed by atoms with Crippen molar-refractivity contribution in [3.8, 4) is 0 Å². The summed E-state index contributed by atoms with van der Waals surface area (Å²) in [5.74, 6) is 0. The predicted octanol–water partition coefficient (Wildman–Crippen LogP) is 2.89. The monoisotopic (exact) mass is 260 g/mol. The number of hydrogen-bond donors (Lipinski definition) is 0. The van der Waals surface area contributed by atoms with Gasteiger partial charge in [-0.3, -0.25) is 0 Å². The molecule has 1 heteroatoms. The maximum atomic E-state index is 2.34. The molecule has 0 aliphatic carbocycles. The van der Waals surface area contributed by atoms with Gasteiger partial charge < -0.3 is 0 Å². The van der Waals surface area contributed by atoms with Crippen LogP contribution in [0.5, 0.6) is 0 Å². The van der Waals surface area contributed by atoms with Gasteiger partial charge in [0.15, 0.2) is 0 Å². The van der Waals surface area contributed by atoms with Crippen LogP contribution in [0.1, 0.15) is 27.7 Å². The summed E-state index contributed by atoms with van der Waals surface area (Å²) in [5, 5.41) is 0. The van der Waals surface area contributed by atoms with Crippen LogP contribution in [-0.2, 0) is 0 Å². The average molecular weight is 259 g/mol. The van der Waals surface area contributed by atoms with Gasteiger partial charge in [0, 0.05) is 0 Å². The van der Waals surface area contributed by atoms with Crippen LogP contribution >= 0.6 is 0 Å². The molecule has 1 aromatic rings. The summed E-state index contributed by atoms with van der Waals surface area (Å²) < 4.78 is 5.00. The normalized spacial score (nSPS) is 17.9. The molecule has 0 nitrogen and oxygen atoms in total. The molecule has 15 heavy (non-hydrogen) atoms. The van der Waals surface area contributed by atoms with Crippen LogP contribution in [0.2, 0.25) is 0 Å². The number of allylic oxidation sites excluding steroid dienone is 4. The first-order chi connectivity index (χ1) is 7.13. The van der Waals surface area contributed by atoms with Crippen molar-refractivity contribution in [3.63, 3.8) is 0 Å². The molecule has 0 unspecified atom stereocenters. The Morgan fingerprint density at radius 3 is 1.67 bits per heavy atom. The molecule has 0 fully saturated rings. The van der Waals surface area contributed by atoms with Crippen LogP contribution in [0.15, 0.2) is 50.3 Å². The third-order valence-electron chi connectivity index (χ3n) is 3.74. The van der Waals surface area contributed by atoms with Gasteiger partial charge in [-0.1, -0.05) is 0 Å². The van der Waals surface area contributed by atoms with E-state index in [1.165, 1.54) is 0 Å². The van der Waals surface area contributed by atoms with Crippen molar-refractivity contribution in [2.24, 2.45) is 0 Å². The van der Waals surface area contributed by atoms with Crippen molar-refractivity contribution in [1.29, 1.82) is 0 Å². The van der Waals surface area contributed by atoms with Crippen molar-refractivity contribution in [2.45, 2.75) is 27.7 Å². The summed E-state index contributed by atoms with van der Waals surface area (Å²) in [6.45, 7) is 9.24. The molecule has 0 saturated heterocycles. The number of rotatable bonds is 1. The molecule has 0 bridgehead atoms. The molecule has 78 valence electrons. The topological polar surface area (TPSA) is 0 Å². The van der Waals surface area contributed by atoms with Crippen molar-refractivity contribution in [1.82, 2.24) is 0 Å². The van der Waals surface area contributed by atoms with Crippen LogP contribution < -0.4 is 4.40 Å². The fourth-order valence-corrected chi connectivity index (χ4v) is 9.95. The van der Waals surface area contributed by atoms with E-state index in [9.17, 15) is 0 Å². The molecule has 0 aromatic heterocycles. The summed E-state index contributed by atoms with van der Waals surface area (Å²) in [4.78, 5) is 0. The molecule has 2 rings (SSSR count). The van der Waals surface area contributed by atoms with E-state index in [-0.39, 0.29) is 0 Å². The fraction of sp³-hybridized carbons (Fsp3) is 0.286. The van der Waals surface area contributed by atoms with Gasteiger partial charge in [-0.15, -0.1) is 0 Å². The zero-order valence-electron chi connectivity index (χ0n) is 9.96. The van der Waals surface area contributed by atoms with Crippen molar-refractivity contribution < 1.29 is 0 Å². The molecule has 1 aromatic carbocycles. The Morgan fingerprint density at radius 2 is 1.20 bits per heavy atom. The molecular weight excluding hydrogens is 241 g/mol. The Bertz CT molecular complexity index is 414. The minimum atomic E-state index is -1.51. The van der Waals surface area contributed by atoms with E-state index in [2.05, 4.69) is 58.0 Å². The van der Waals surface area contributed by atoms with Crippen LogP contribution in [0.25, 0.3) is 0 Å². The molecule has 0 N–H and O–H groups in total. The maximum absolute atomic E-state index is 2.34. The van der Waals surface area contributed by atoms with E-state index in [0.717, 1.165) is 0 Å². The van der Waals surface area contributed by atoms with Gasteiger partial charge >= 0.3 is 96.7 Å². The summed E-state index contributed by atoms with van der Waals surface area (Å²) in [6, 6.07) is 11.1. The Hall–Kier alpha value is -0.757. The van der Waals surface area contributed by atoms with E-state index < -0.39 is 14.3 Å². The third-order valence-corrected chi connectivity index (χ3v) is 11.4. The summed E-state index contributed by atoms with van der Waals surface area (Å²) in [6.07, 6.45) is 0. The quantitative estimate of drug-likeness (QED) is 0.680. The predicted molar refractivity (Wildman–Crippen MR) is 70.0 cm³/mol. The Kier molecular flexibility index (Phi) is 2.88. The SMILES string of the molecule is CC1=[C](C)[GeH]([c]2ccccc2)[C](C)=C1C. The summed E-state index contributed by atoms with van der Waals surface area (Å²) in [7, 11) is 0. The standard InChI is InChI=1S/C14H18Ge/c1-10-11(2)13(4)15(12(10)3)14-8-6-5-7-9-14/h5-9,15H,1-4H3. The number of hydrogen-bond acceptors (Lipinski definition) is 0. The molecule has 0 saturated carbocycles. The molecule has 0 spiro atoms. The molecule has 0 amide bonds. The van der Waals surface area contributed by atoms with Crippen LogP contribution in [0.3, 0.4) is 0 Å². The fourth-order valence-electron chi connectivity index (χ4n) is 2.49. The second-order valence-electron chi connectivity index (χ2n) is 4.46. The van der Waals surface area contributed by atoms with E-state index in [4.69, 9.17) is 0 Å². The van der Waals surface area contributed by atoms with Crippen LogP contribution in [0.4, 0.5) is 0 Å². The van der Waals surface area contributed by atoms with Gasteiger partial charge in [-0.2, -0.15) is 0 Å². The van der Waals surface area contributed by atoms with Gasteiger partial charge in [0.1, 0.15) is 0 Å². The molecule has 1 heterocycles. The first-order valence-electron chi connectivity index (χ1n) is 5.53. The second-order valence-corrected chi connectivity index (χ2v) is 11.3. The zero-order chi connectivity index (χ0) is 11.0. The molecule has 1 aliphatic heterocycles. The van der Waals surface area contributed by atoms with E-state index in [0.29, 0.717) is 0 Å². The van der Waals surface area contributed by atoms with E-state index >= 15 is 0 Å². The number of benzene rings is 1. The minimum absolute atomic E-state index is 1.51. The van der Waals surface area contributed by atoms with Gasteiger partial charge in [0.05, 0.1) is 0 Å². The van der Waals surface area contributed by atoms with Crippen LogP contribution in [0, 0.1) is 0 Å². The summed E-state index contributed by atoms with van der Waals surface area (Å²) >= 11 is -1.51. The Labute approximate surface area is 96.8 Å². The molecular formula is C14H18Ge. The molecule has 1 aliphatic rings. The third kappa shape index (κ3) is 1.71. The first-order valence-corrected chi connectivity index (χ1v) is 9.16. The van der Waals surface area contributed by atoms with Crippen LogP contribution in [-0.4, -0.2) is 14.3 Å². The average Bonchev–Trinajstić information content (AvgIpc) is 2.45. The van der Waals surface area contributed by atoms with Gasteiger partial charge in [-0.25, -0.2) is 0 Å². The van der Waals surface area contributed by atoms with Gasteiger partial charge in [0.2, 0.25) is 0 Å². The van der Waals surface area contributed by atoms with Gasteiger partial charge in [-0.05, 0) is 0 Å². The van der Waals surface area contributed by atoms with Crippen molar-refractivity contribution in [3.05, 3.63) is 50.3 Å². The van der Waals surface area contributed by atoms with Crippen molar-refractivity contribution >= 4 is 18.7 Å². The zero-order valence-corrected chi connectivity index (χ0v) is 12.4. The summed E-state index contributed by atoms with van der Waals surface area (Å²) in [5.41, 5.74) is 3.11. The first kappa shape index (κ1) is 10.8. The Balaban J connectivity index is 2.50. The van der Waals surface area contributed by atoms with Crippen molar-refractivity contribution in [2.75, 3.05) is 0 Å². The van der Waals surface area contributed by atoms with Gasteiger partial charge in [0.25, 0.3) is 0 Å².